The molecule has 0 aliphatic heterocycles. The molecule has 0 unspecified atom stereocenters. The highest BCUT2D eigenvalue weighted by atomic mass is 32.2. The fourth-order valence-electron chi connectivity index (χ4n) is 1.31. The normalized spacial score (nSPS) is 11.0. The van der Waals surface area contributed by atoms with Gasteiger partial charge in [0.15, 0.2) is 0 Å². The summed E-state index contributed by atoms with van der Waals surface area (Å²) < 4.78 is 29.6. The largest absolute Gasteiger partial charge is 0.465 e. The summed E-state index contributed by atoms with van der Waals surface area (Å²) in [5.41, 5.74) is 6.54. The second-order valence-electron chi connectivity index (χ2n) is 3.72. The van der Waals surface area contributed by atoms with Crippen molar-refractivity contribution in [1.82, 2.24) is 0 Å². The maximum Gasteiger partial charge on any atom is 0.302 e. The highest BCUT2D eigenvalue weighted by Crippen LogP contribution is 2.19. The Kier molecular flexibility index (Phi) is 4.55. The molecule has 0 bridgehead atoms. The van der Waals surface area contributed by atoms with E-state index in [-0.39, 0.29) is 12.4 Å². The number of rotatable bonds is 5. The molecule has 1 rings (SSSR count). The molecular weight excluding hydrogens is 256 g/mol. The number of nitrogens with zero attached hydrogens (tertiary/aromatic N) is 1. The Labute approximate surface area is 106 Å². The Morgan fingerprint density at radius 3 is 2.67 bits per heavy atom. The Bertz CT molecular complexity index is 528. The standard InChI is InChI=1S/C11H16N2O4S/c1-9(14)17-6-7-18(15,16)13(2)11-5-3-4-10(12)8-11/h3-5,8H,6-7,12H2,1-2H3. The number of nitrogens with two attached hydrogens (primary N) is 1. The van der Waals surface area contributed by atoms with Crippen LogP contribution in [-0.4, -0.2) is 33.8 Å². The summed E-state index contributed by atoms with van der Waals surface area (Å²) in [7, 11) is -2.10. The third-order valence-corrected chi connectivity index (χ3v) is 4.03. The lowest BCUT2D eigenvalue weighted by atomic mass is 10.3. The van der Waals surface area contributed by atoms with Crippen molar-refractivity contribution >= 4 is 27.4 Å². The second-order valence-corrected chi connectivity index (χ2v) is 5.84. The Balaban J connectivity index is 2.76. The number of anilines is 2. The molecule has 1 aromatic rings. The maximum atomic E-state index is 11.9. The summed E-state index contributed by atoms with van der Waals surface area (Å²) in [4.78, 5) is 10.6. The molecule has 0 amide bonds. The van der Waals surface area contributed by atoms with Crippen LogP contribution in [0.4, 0.5) is 11.4 Å². The predicted octanol–water partition coefficient (Wildman–Crippen LogP) is 0.598. The first-order chi connectivity index (χ1) is 8.33. The first-order valence-electron chi connectivity index (χ1n) is 5.28. The van der Waals surface area contributed by atoms with Crippen molar-refractivity contribution in [2.75, 3.05) is 29.4 Å². The lowest BCUT2D eigenvalue weighted by molar-refractivity contribution is -0.140. The molecule has 0 saturated heterocycles. The van der Waals surface area contributed by atoms with Gasteiger partial charge in [0.25, 0.3) is 0 Å². The molecular formula is C11H16N2O4S. The van der Waals surface area contributed by atoms with Gasteiger partial charge in [-0.2, -0.15) is 0 Å². The zero-order valence-electron chi connectivity index (χ0n) is 10.3. The van der Waals surface area contributed by atoms with Crippen LogP contribution in [0.2, 0.25) is 0 Å². The summed E-state index contributed by atoms with van der Waals surface area (Å²) >= 11 is 0. The number of esters is 1. The molecule has 0 radical (unpaired) electrons. The minimum Gasteiger partial charge on any atom is -0.465 e. The van der Waals surface area contributed by atoms with Crippen molar-refractivity contribution in [2.24, 2.45) is 0 Å². The maximum absolute atomic E-state index is 11.9. The molecule has 1 aromatic carbocycles. The van der Waals surface area contributed by atoms with Gasteiger partial charge in [0.1, 0.15) is 12.4 Å². The second kappa shape index (κ2) is 5.72. The van der Waals surface area contributed by atoms with E-state index in [2.05, 4.69) is 4.74 Å². The van der Waals surface area contributed by atoms with E-state index >= 15 is 0 Å². The highest BCUT2D eigenvalue weighted by Gasteiger charge is 2.18. The van der Waals surface area contributed by atoms with Crippen LogP contribution in [0.5, 0.6) is 0 Å². The minimum absolute atomic E-state index is 0.162. The van der Waals surface area contributed by atoms with E-state index in [9.17, 15) is 13.2 Å². The number of carbonyl (C=O) groups is 1. The fourth-order valence-corrected chi connectivity index (χ4v) is 2.31. The molecule has 0 aromatic heterocycles. The molecule has 6 nitrogen and oxygen atoms in total. The van der Waals surface area contributed by atoms with E-state index in [0.717, 1.165) is 4.31 Å². The molecule has 0 spiro atoms. The quantitative estimate of drug-likeness (QED) is 0.626. The first kappa shape index (κ1) is 14.3. The summed E-state index contributed by atoms with van der Waals surface area (Å²) in [5.74, 6) is -0.769. The number of hydrogen-bond acceptors (Lipinski definition) is 5. The van der Waals surface area contributed by atoms with Crippen LogP contribution >= 0.6 is 0 Å². The smallest absolute Gasteiger partial charge is 0.302 e. The predicted molar refractivity (Wildman–Crippen MR) is 69.7 cm³/mol. The average molecular weight is 272 g/mol. The van der Waals surface area contributed by atoms with Crippen molar-refractivity contribution in [2.45, 2.75) is 6.92 Å². The number of benzene rings is 1. The van der Waals surface area contributed by atoms with Gasteiger partial charge in [-0.1, -0.05) is 6.07 Å². The SMILES string of the molecule is CC(=O)OCCS(=O)(=O)N(C)c1cccc(N)c1. The molecule has 2 N–H and O–H groups in total. The Morgan fingerprint density at radius 2 is 2.11 bits per heavy atom. The average Bonchev–Trinajstić information content (AvgIpc) is 2.27. The summed E-state index contributed by atoms with van der Waals surface area (Å²) in [6, 6.07) is 6.54. The van der Waals surface area contributed by atoms with Gasteiger partial charge >= 0.3 is 5.97 Å². The zero-order chi connectivity index (χ0) is 13.8. The molecule has 0 fully saturated rings. The van der Waals surface area contributed by atoms with Crippen molar-refractivity contribution < 1.29 is 17.9 Å². The molecule has 0 saturated carbocycles. The van der Waals surface area contributed by atoms with E-state index < -0.39 is 16.0 Å². The van der Waals surface area contributed by atoms with Gasteiger partial charge < -0.3 is 10.5 Å². The van der Waals surface area contributed by atoms with Crippen LogP contribution in [0.3, 0.4) is 0 Å². The number of nitrogen functional groups attached to an aromatic ring is 1. The first-order valence-corrected chi connectivity index (χ1v) is 6.89. The van der Waals surface area contributed by atoms with E-state index in [1.165, 1.54) is 14.0 Å². The topological polar surface area (TPSA) is 89.7 Å². The Morgan fingerprint density at radius 1 is 1.44 bits per heavy atom. The van der Waals surface area contributed by atoms with Gasteiger partial charge in [0, 0.05) is 19.7 Å². The number of ether oxygens (including phenoxy) is 1. The number of hydrogen-bond donors (Lipinski definition) is 1. The Hall–Kier alpha value is -1.76. The van der Waals surface area contributed by atoms with Crippen molar-refractivity contribution in [1.29, 1.82) is 0 Å². The van der Waals surface area contributed by atoms with Crippen LogP contribution in [0.1, 0.15) is 6.92 Å². The van der Waals surface area contributed by atoms with E-state index in [1.807, 2.05) is 0 Å². The minimum atomic E-state index is -3.53. The monoisotopic (exact) mass is 272 g/mol. The number of sulfonamides is 1. The highest BCUT2D eigenvalue weighted by molar-refractivity contribution is 7.92. The fraction of sp³-hybridized carbons (Fsp3) is 0.364. The van der Waals surface area contributed by atoms with Crippen molar-refractivity contribution in [3.63, 3.8) is 0 Å². The van der Waals surface area contributed by atoms with Crippen LogP contribution in [0.25, 0.3) is 0 Å². The van der Waals surface area contributed by atoms with Crippen LogP contribution < -0.4 is 10.0 Å². The molecule has 18 heavy (non-hydrogen) atoms. The zero-order valence-corrected chi connectivity index (χ0v) is 11.1. The van der Waals surface area contributed by atoms with Crippen molar-refractivity contribution in [3.05, 3.63) is 24.3 Å². The van der Waals surface area contributed by atoms with E-state index in [0.29, 0.717) is 11.4 Å². The van der Waals surface area contributed by atoms with Crippen LogP contribution in [0, 0.1) is 0 Å². The third kappa shape index (κ3) is 3.92. The van der Waals surface area contributed by atoms with Crippen LogP contribution in [-0.2, 0) is 19.6 Å². The van der Waals surface area contributed by atoms with Gasteiger partial charge in [-0.15, -0.1) is 0 Å². The molecule has 0 atom stereocenters. The number of carbonyl (C=O) groups excluding carboxylic acids is 1. The van der Waals surface area contributed by atoms with E-state index in [1.54, 1.807) is 24.3 Å². The summed E-state index contributed by atoms with van der Waals surface area (Å²) in [6.45, 7) is 1.07. The lowest BCUT2D eigenvalue weighted by Gasteiger charge is -2.19. The molecule has 7 heteroatoms. The molecule has 0 aliphatic rings. The van der Waals surface area contributed by atoms with Gasteiger partial charge in [0.2, 0.25) is 10.0 Å². The summed E-state index contributed by atoms with van der Waals surface area (Å²) in [5, 5.41) is 0. The van der Waals surface area contributed by atoms with Crippen molar-refractivity contribution in [3.8, 4) is 0 Å². The van der Waals surface area contributed by atoms with Gasteiger partial charge in [0.05, 0.1) is 5.69 Å². The lowest BCUT2D eigenvalue weighted by Crippen LogP contribution is -2.31. The molecule has 0 aliphatic carbocycles. The third-order valence-electron chi connectivity index (χ3n) is 2.30. The molecule has 100 valence electrons. The van der Waals surface area contributed by atoms with E-state index in [4.69, 9.17) is 5.73 Å². The van der Waals surface area contributed by atoms with Gasteiger partial charge in [-0.05, 0) is 18.2 Å². The molecule has 0 heterocycles. The van der Waals surface area contributed by atoms with Crippen LogP contribution in [0.15, 0.2) is 24.3 Å². The van der Waals surface area contributed by atoms with Gasteiger partial charge in [-0.3, -0.25) is 9.10 Å². The summed E-state index contributed by atoms with van der Waals surface area (Å²) in [6.07, 6.45) is 0. The van der Waals surface area contributed by atoms with Gasteiger partial charge in [-0.25, -0.2) is 8.42 Å².